The summed E-state index contributed by atoms with van der Waals surface area (Å²) in [4.78, 5) is 13.7. The van der Waals surface area contributed by atoms with Gasteiger partial charge in [-0.2, -0.15) is 0 Å². The van der Waals surface area contributed by atoms with E-state index in [0.717, 1.165) is 6.26 Å². The van der Waals surface area contributed by atoms with Crippen LogP contribution in [0.1, 0.15) is 20.8 Å². The smallest absolute Gasteiger partial charge is 0.243 e. The lowest BCUT2D eigenvalue weighted by Crippen LogP contribution is -2.50. The van der Waals surface area contributed by atoms with Gasteiger partial charge >= 0.3 is 0 Å². The second kappa shape index (κ2) is 5.30. The van der Waals surface area contributed by atoms with Crippen LogP contribution in [-0.4, -0.2) is 48.8 Å². The highest BCUT2D eigenvalue weighted by molar-refractivity contribution is 7.92. The molecule has 100 valence electrons. The number of rotatable bonds is 5. The molecule has 0 aromatic rings. The molecule has 0 rings (SSSR count). The molecular weight excluding hydrogens is 260 g/mol. The third-order valence-corrected chi connectivity index (χ3v) is 5.25. The molecule has 0 bridgehead atoms. The Hall–Kier alpha value is -0.690. The van der Waals surface area contributed by atoms with Crippen LogP contribution in [0.4, 0.5) is 0 Å². The van der Waals surface area contributed by atoms with Crippen molar-refractivity contribution in [1.82, 2.24) is 4.90 Å². The summed E-state index contributed by atoms with van der Waals surface area (Å²) in [5.74, 6) is -0.600. The van der Waals surface area contributed by atoms with Gasteiger partial charge in [0.2, 0.25) is 5.91 Å². The number of hydrogen-bond donors (Lipinski definition) is 1. The van der Waals surface area contributed by atoms with Crippen LogP contribution in [0, 0.1) is 5.92 Å². The largest absolute Gasteiger partial charge is 0.393 e. The molecule has 0 aliphatic carbocycles. The highest BCUT2D eigenvalue weighted by atomic mass is 32.2. The van der Waals surface area contributed by atoms with Crippen molar-refractivity contribution >= 4 is 33.0 Å². The number of amides is 1. The van der Waals surface area contributed by atoms with Crippen LogP contribution in [-0.2, 0) is 14.6 Å². The number of sulfone groups is 1. The third-order valence-electron chi connectivity index (χ3n) is 2.82. The number of nitrogens with two attached hydrogens (primary N) is 1. The van der Waals surface area contributed by atoms with Gasteiger partial charge in [0, 0.05) is 25.8 Å². The Labute approximate surface area is 108 Å². The van der Waals surface area contributed by atoms with Crippen molar-refractivity contribution in [3.63, 3.8) is 0 Å². The summed E-state index contributed by atoms with van der Waals surface area (Å²) >= 11 is 4.81. The maximum Gasteiger partial charge on any atom is 0.243 e. The van der Waals surface area contributed by atoms with E-state index < -0.39 is 20.5 Å². The molecule has 17 heavy (non-hydrogen) atoms. The van der Waals surface area contributed by atoms with Gasteiger partial charge in [0.1, 0.15) is 4.75 Å². The van der Waals surface area contributed by atoms with E-state index in [1.165, 1.54) is 18.7 Å². The van der Waals surface area contributed by atoms with Gasteiger partial charge in [-0.15, -0.1) is 0 Å². The average molecular weight is 280 g/mol. The minimum atomic E-state index is -3.46. The summed E-state index contributed by atoms with van der Waals surface area (Å²) in [6.07, 6.45) is 1.05. The molecule has 2 N–H and O–H groups in total. The second-order valence-corrected chi connectivity index (χ2v) is 7.81. The number of carbonyl (C=O) groups excluding carboxylic acids is 1. The van der Waals surface area contributed by atoms with Gasteiger partial charge in [-0.05, 0) is 13.8 Å². The van der Waals surface area contributed by atoms with Crippen LogP contribution < -0.4 is 5.73 Å². The Morgan fingerprint density at radius 3 is 2.18 bits per heavy atom. The van der Waals surface area contributed by atoms with Crippen LogP contribution in [0.25, 0.3) is 0 Å². The van der Waals surface area contributed by atoms with Crippen molar-refractivity contribution < 1.29 is 13.2 Å². The molecule has 1 amide bonds. The molecule has 0 radical (unpaired) electrons. The molecule has 1 atom stereocenters. The van der Waals surface area contributed by atoms with E-state index in [-0.39, 0.29) is 5.92 Å². The molecule has 0 aliphatic rings. The predicted molar refractivity (Wildman–Crippen MR) is 72.5 cm³/mol. The lowest BCUT2D eigenvalue weighted by molar-refractivity contribution is -0.132. The number of hydrogen-bond acceptors (Lipinski definition) is 4. The Bertz CT molecular complexity index is 415. The normalized spacial score (nSPS) is 14.2. The van der Waals surface area contributed by atoms with Gasteiger partial charge in [0.05, 0.1) is 4.99 Å². The zero-order valence-corrected chi connectivity index (χ0v) is 12.5. The molecule has 0 heterocycles. The summed E-state index contributed by atoms with van der Waals surface area (Å²) in [7, 11) is -1.91. The Balaban J connectivity index is 4.90. The summed E-state index contributed by atoms with van der Waals surface area (Å²) in [6.45, 7) is 4.89. The highest BCUT2D eigenvalue weighted by Crippen LogP contribution is 2.18. The molecule has 0 aromatic heterocycles. The lowest BCUT2D eigenvalue weighted by Gasteiger charge is -2.29. The first-order valence-electron chi connectivity index (χ1n) is 5.15. The van der Waals surface area contributed by atoms with E-state index >= 15 is 0 Å². The lowest BCUT2D eigenvalue weighted by atomic mass is 10.1. The molecule has 0 saturated heterocycles. The Morgan fingerprint density at radius 1 is 1.47 bits per heavy atom. The van der Waals surface area contributed by atoms with E-state index in [0.29, 0.717) is 11.5 Å². The average Bonchev–Trinajstić information content (AvgIpc) is 2.14. The number of carbonyl (C=O) groups is 1. The Morgan fingerprint density at radius 2 is 1.88 bits per heavy atom. The second-order valence-electron chi connectivity index (χ2n) is 4.77. The molecule has 7 heteroatoms. The van der Waals surface area contributed by atoms with Gasteiger partial charge < -0.3 is 10.6 Å². The first-order valence-corrected chi connectivity index (χ1v) is 7.45. The van der Waals surface area contributed by atoms with Gasteiger partial charge in [0.25, 0.3) is 0 Å². The molecule has 1 unspecified atom stereocenters. The molecule has 0 spiro atoms. The molecule has 0 aliphatic heterocycles. The summed E-state index contributed by atoms with van der Waals surface area (Å²) in [5, 5.41) is 0. The fraction of sp³-hybridized carbons (Fsp3) is 0.800. The quantitative estimate of drug-likeness (QED) is 0.727. The van der Waals surface area contributed by atoms with E-state index in [4.69, 9.17) is 18.0 Å². The van der Waals surface area contributed by atoms with E-state index in [2.05, 4.69) is 0 Å². The summed E-state index contributed by atoms with van der Waals surface area (Å²) < 4.78 is 21.6. The zero-order valence-electron chi connectivity index (χ0n) is 10.9. The van der Waals surface area contributed by atoms with E-state index in [9.17, 15) is 13.2 Å². The van der Waals surface area contributed by atoms with Crippen molar-refractivity contribution in [1.29, 1.82) is 0 Å². The maximum atomic E-state index is 12.0. The van der Waals surface area contributed by atoms with Gasteiger partial charge in [0.15, 0.2) is 9.84 Å². The van der Waals surface area contributed by atoms with Crippen molar-refractivity contribution in [2.75, 3.05) is 19.8 Å². The topological polar surface area (TPSA) is 80.5 Å². The minimum absolute atomic E-state index is 0.144. The van der Waals surface area contributed by atoms with Crippen LogP contribution in [0.3, 0.4) is 0 Å². The zero-order chi connectivity index (χ0) is 14.0. The van der Waals surface area contributed by atoms with Crippen molar-refractivity contribution in [2.24, 2.45) is 11.7 Å². The molecular formula is C10H20N2O3S2. The van der Waals surface area contributed by atoms with Gasteiger partial charge in [-0.1, -0.05) is 19.1 Å². The number of thiocarbonyl (C=S) groups is 1. The molecule has 0 saturated carbocycles. The van der Waals surface area contributed by atoms with E-state index in [1.54, 1.807) is 14.0 Å². The van der Waals surface area contributed by atoms with Crippen molar-refractivity contribution in [2.45, 2.75) is 25.5 Å². The van der Waals surface area contributed by atoms with Crippen LogP contribution in [0.15, 0.2) is 0 Å². The summed E-state index contributed by atoms with van der Waals surface area (Å²) in [6, 6.07) is 0. The minimum Gasteiger partial charge on any atom is -0.393 e. The van der Waals surface area contributed by atoms with Gasteiger partial charge in [-0.3, -0.25) is 4.79 Å². The monoisotopic (exact) mass is 280 g/mol. The predicted octanol–water partition coefficient (Wildman–Crippen LogP) is 0.190. The van der Waals surface area contributed by atoms with E-state index in [1.807, 2.05) is 0 Å². The fourth-order valence-electron chi connectivity index (χ4n) is 1.20. The first-order chi connectivity index (χ1) is 7.41. The van der Waals surface area contributed by atoms with Crippen LogP contribution in [0.2, 0.25) is 0 Å². The number of nitrogens with zero attached hydrogens (tertiary/aromatic N) is 1. The van der Waals surface area contributed by atoms with Crippen LogP contribution >= 0.6 is 12.2 Å². The highest BCUT2D eigenvalue weighted by Gasteiger charge is 2.40. The first kappa shape index (κ1) is 16.3. The van der Waals surface area contributed by atoms with Crippen molar-refractivity contribution in [3.05, 3.63) is 0 Å². The van der Waals surface area contributed by atoms with Crippen molar-refractivity contribution in [3.8, 4) is 0 Å². The van der Waals surface area contributed by atoms with Gasteiger partial charge in [-0.25, -0.2) is 8.42 Å². The standard InChI is InChI=1S/C10H20N2O3S2/c1-7(8(11)16)6-12(4)9(13)10(2,3)17(5,14)15/h7H,6H2,1-5H3,(H2,11,16). The Kier molecular flexibility index (Phi) is 5.09. The SMILES string of the molecule is CC(CN(C)C(=O)C(C)(C)S(C)(=O)=O)C(N)=S. The third kappa shape index (κ3) is 3.92. The maximum absolute atomic E-state index is 12.0. The fourth-order valence-corrected chi connectivity index (χ4v) is 1.75. The molecule has 5 nitrogen and oxygen atoms in total. The summed E-state index contributed by atoms with van der Waals surface area (Å²) in [5.41, 5.74) is 5.45. The molecule has 0 aromatic carbocycles. The molecule has 0 fully saturated rings. The van der Waals surface area contributed by atoms with Crippen LogP contribution in [0.5, 0.6) is 0 Å².